The lowest BCUT2D eigenvalue weighted by Gasteiger charge is -2.06. The van der Waals surface area contributed by atoms with E-state index in [4.69, 9.17) is 0 Å². The molecule has 0 bridgehead atoms. The van der Waals surface area contributed by atoms with Gasteiger partial charge in [-0.1, -0.05) is 0 Å². The van der Waals surface area contributed by atoms with E-state index in [1.54, 1.807) is 30.9 Å². The molecule has 0 aromatic carbocycles. The highest BCUT2D eigenvalue weighted by atomic mass is 32.2. The van der Waals surface area contributed by atoms with Gasteiger partial charge in [-0.15, -0.1) is 0 Å². The number of pyridine rings is 1. The van der Waals surface area contributed by atoms with Gasteiger partial charge in [0.15, 0.2) is 0 Å². The van der Waals surface area contributed by atoms with Crippen LogP contribution in [-0.4, -0.2) is 29.4 Å². The summed E-state index contributed by atoms with van der Waals surface area (Å²) in [6.07, 6.45) is 5.63. The van der Waals surface area contributed by atoms with Crippen LogP contribution in [0.25, 0.3) is 0 Å². The number of hydrogen-bond acceptors (Lipinski definition) is 3. The Balaban J connectivity index is 2.50. The van der Waals surface area contributed by atoms with E-state index in [0.717, 1.165) is 18.6 Å². The van der Waals surface area contributed by atoms with E-state index in [9.17, 15) is 9.59 Å². The largest absolute Gasteiger partial charge is 0.352 e. The molecule has 1 rings (SSSR count). The predicted octanol–water partition coefficient (Wildman–Crippen LogP) is 1.56. The van der Waals surface area contributed by atoms with E-state index < -0.39 is 0 Å². The van der Waals surface area contributed by atoms with Crippen molar-refractivity contribution >= 4 is 17.7 Å². The Hall–Kier alpha value is -1.23. The summed E-state index contributed by atoms with van der Waals surface area (Å²) in [5.41, 5.74) is 0.597. The van der Waals surface area contributed by atoms with Crippen LogP contribution in [0, 0.1) is 6.92 Å². The summed E-state index contributed by atoms with van der Waals surface area (Å²) in [6, 6.07) is 1.73. The van der Waals surface area contributed by atoms with Gasteiger partial charge < -0.3 is 10.3 Å². The molecule has 94 valence electrons. The van der Waals surface area contributed by atoms with Gasteiger partial charge in [0.05, 0.1) is 0 Å². The van der Waals surface area contributed by atoms with E-state index >= 15 is 0 Å². The predicted molar refractivity (Wildman–Crippen MR) is 71.7 cm³/mol. The van der Waals surface area contributed by atoms with Gasteiger partial charge in [0, 0.05) is 12.7 Å². The van der Waals surface area contributed by atoms with Crippen LogP contribution in [0.4, 0.5) is 0 Å². The normalized spacial score (nSPS) is 10.2. The molecule has 0 saturated carbocycles. The number of aromatic nitrogens is 1. The molecule has 1 aromatic heterocycles. The van der Waals surface area contributed by atoms with Crippen molar-refractivity contribution in [3.63, 3.8) is 0 Å². The maximum absolute atomic E-state index is 11.8. The summed E-state index contributed by atoms with van der Waals surface area (Å²) in [6.45, 7) is 2.38. The average Bonchev–Trinajstić information content (AvgIpc) is 2.28. The van der Waals surface area contributed by atoms with E-state index in [1.807, 2.05) is 0 Å². The molecular formula is C12H18N2O2S. The van der Waals surface area contributed by atoms with Gasteiger partial charge in [0.1, 0.15) is 5.56 Å². The van der Waals surface area contributed by atoms with E-state index in [2.05, 4.69) is 16.6 Å². The summed E-state index contributed by atoms with van der Waals surface area (Å²) in [4.78, 5) is 25.8. The number of aryl methyl sites for hydroxylation is 1. The van der Waals surface area contributed by atoms with Crippen molar-refractivity contribution in [1.29, 1.82) is 0 Å². The molecule has 0 radical (unpaired) electrons. The van der Waals surface area contributed by atoms with Gasteiger partial charge in [-0.2, -0.15) is 11.8 Å². The van der Waals surface area contributed by atoms with Gasteiger partial charge in [-0.3, -0.25) is 9.59 Å². The van der Waals surface area contributed by atoms with Crippen LogP contribution in [0.3, 0.4) is 0 Å². The lowest BCUT2D eigenvalue weighted by Crippen LogP contribution is -2.31. The number of unbranched alkanes of at least 4 members (excludes halogenated alkanes) is 1. The fraction of sp³-hybridized carbons (Fsp3) is 0.500. The number of hydrogen-bond donors (Lipinski definition) is 2. The molecule has 0 aliphatic heterocycles. The molecule has 0 fully saturated rings. The Morgan fingerprint density at radius 2 is 2.24 bits per heavy atom. The Morgan fingerprint density at radius 1 is 1.47 bits per heavy atom. The summed E-state index contributed by atoms with van der Waals surface area (Å²) >= 11 is 1.79. The molecule has 0 unspecified atom stereocenters. The highest BCUT2D eigenvalue weighted by Crippen LogP contribution is 2.01. The maximum atomic E-state index is 11.8. The molecule has 1 heterocycles. The number of thioether (sulfide) groups is 1. The van der Waals surface area contributed by atoms with Gasteiger partial charge in [-0.25, -0.2) is 0 Å². The first-order valence-corrected chi connectivity index (χ1v) is 7.01. The minimum atomic E-state index is -0.327. The standard InChI is InChI=1S/C12H18N2O2S/c1-9-5-7-14-12(16)10(9)11(15)13-6-3-4-8-17-2/h5,7H,3-4,6,8H2,1-2H3,(H,13,15)(H,14,16). The number of rotatable bonds is 6. The highest BCUT2D eigenvalue weighted by molar-refractivity contribution is 7.98. The third kappa shape index (κ3) is 4.26. The number of aromatic amines is 1. The van der Waals surface area contributed by atoms with Crippen molar-refractivity contribution in [2.75, 3.05) is 18.6 Å². The Morgan fingerprint density at radius 3 is 2.88 bits per heavy atom. The third-order valence-electron chi connectivity index (χ3n) is 2.46. The first-order chi connectivity index (χ1) is 8.16. The smallest absolute Gasteiger partial charge is 0.261 e. The second-order valence-corrected chi connectivity index (χ2v) is 4.81. The summed E-state index contributed by atoms with van der Waals surface area (Å²) in [7, 11) is 0. The van der Waals surface area contributed by atoms with Crippen LogP contribution in [0.2, 0.25) is 0 Å². The first kappa shape index (κ1) is 13.8. The summed E-state index contributed by atoms with van der Waals surface area (Å²) in [5, 5.41) is 2.77. The van der Waals surface area contributed by atoms with E-state index in [-0.39, 0.29) is 17.0 Å². The van der Waals surface area contributed by atoms with Crippen LogP contribution in [0.15, 0.2) is 17.1 Å². The minimum absolute atomic E-state index is 0.220. The third-order valence-corrected chi connectivity index (χ3v) is 3.15. The minimum Gasteiger partial charge on any atom is -0.352 e. The number of nitrogens with one attached hydrogen (secondary N) is 2. The van der Waals surface area contributed by atoms with Crippen molar-refractivity contribution in [2.45, 2.75) is 19.8 Å². The van der Waals surface area contributed by atoms with E-state index in [1.165, 1.54) is 0 Å². The molecule has 1 amide bonds. The molecule has 0 saturated heterocycles. The Bertz CT molecular complexity index is 429. The van der Waals surface area contributed by atoms with Crippen LogP contribution >= 0.6 is 11.8 Å². The van der Waals surface area contributed by atoms with Crippen LogP contribution in [0.5, 0.6) is 0 Å². The molecule has 4 nitrogen and oxygen atoms in total. The molecule has 2 N–H and O–H groups in total. The summed E-state index contributed by atoms with van der Waals surface area (Å²) in [5.74, 6) is 0.814. The van der Waals surface area contributed by atoms with Gasteiger partial charge in [0.2, 0.25) is 0 Å². The monoisotopic (exact) mass is 254 g/mol. The molecule has 0 spiro atoms. The van der Waals surface area contributed by atoms with Crippen molar-refractivity contribution < 1.29 is 4.79 Å². The maximum Gasteiger partial charge on any atom is 0.261 e. The second kappa shape index (κ2) is 7.17. The number of carbonyl (C=O) groups excluding carboxylic acids is 1. The fourth-order valence-electron chi connectivity index (χ4n) is 1.52. The van der Waals surface area contributed by atoms with E-state index in [0.29, 0.717) is 12.1 Å². The molecule has 0 aliphatic rings. The number of amides is 1. The zero-order valence-electron chi connectivity index (χ0n) is 10.2. The second-order valence-electron chi connectivity index (χ2n) is 3.82. The Labute approximate surface area is 105 Å². The Kier molecular flexibility index (Phi) is 5.83. The van der Waals surface area contributed by atoms with Gasteiger partial charge in [-0.05, 0) is 43.4 Å². The number of carbonyl (C=O) groups is 1. The topological polar surface area (TPSA) is 62.0 Å². The van der Waals surface area contributed by atoms with Crippen molar-refractivity contribution in [3.8, 4) is 0 Å². The van der Waals surface area contributed by atoms with Gasteiger partial charge in [0.25, 0.3) is 11.5 Å². The average molecular weight is 254 g/mol. The quantitative estimate of drug-likeness (QED) is 0.757. The SMILES string of the molecule is CSCCCCNC(=O)c1c(C)cc[nH]c1=O. The molecule has 17 heavy (non-hydrogen) atoms. The zero-order valence-corrected chi connectivity index (χ0v) is 11.0. The van der Waals surface area contributed by atoms with Crippen LogP contribution in [0.1, 0.15) is 28.8 Å². The number of H-pyrrole nitrogens is 1. The van der Waals surface area contributed by atoms with Gasteiger partial charge >= 0.3 is 0 Å². The fourth-order valence-corrected chi connectivity index (χ4v) is 2.01. The van der Waals surface area contributed by atoms with Crippen molar-refractivity contribution in [3.05, 3.63) is 33.7 Å². The first-order valence-electron chi connectivity index (χ1n) is 5.62. The highest BCUT2D eigenvalue weighted by Gasteiger charge is 2.12. The lowest BCUT2D eigenvalue weighted by atomic mass is 10.1. The molecule has 5 heteroatoms. The lowest BCUT2D eigenvalue weighted by molar-refractivity contribution is 0.0951. The summed E-state index contributed by atoms with van der Waals surface area (Å²) < 4.78 is 0. The van der Waals surface area contributed by atoms with Crippen LogP contribution in [-0.2, 0) is 0 Å². The molecule has 0 aliphatic carbocycles. The van der Waals surface area contributed by atoms with Crippen LogP contribution < -0.4 is 10.9 Å². The molecule has 0 atom stereocenters. The van der Waals surface area contributed by atoms with Crippen molar-refractivity contribution in [1.82, 2.24) is 10.3 Å². The molecule has 1 aromatic rings. The molecular weight excluding hydrogens is 236 g/mol. The zero-order chi connectivity index (χ0) is 12.7. The van der Waals surface area contributed by atoms with Crippen molar-refractivity contribution in [2.24, 2.45) is 0 Å².